The summed E-state index contributed by atoms with van der Waals surface area (Å²) in [7, 11) is 1.54. The zero-order valence-electron chi connectivity index (χ0n) is 9.05. The van der Waals surface area contributed by atoms with Crippen molar-refractivity contribution in [2.45, 2.75) is 0 Å². The van der Waals surface area contributed by atoms with Gasteiger partial charge in [0.25, 0.3) is 0 Å². The van der Waals surface area contributed by atoms with Crippen LogP contribution in [-0.2, 0) is 0 Å². The Morgan fingerprint density at radius 2 is 1.94 bits per heavy atom. The Balaban J connectivity index is 2.21. The van der Waals surface area contributed by atoms with Gasteiger partial charge in [0.05, 0.1) is 25.2 Å². The van der Waals surface area contributed by atoms with E-state index < -0.39 is 5.82 Å². The van der Waals surface area contributed by atoms with Gasteiger partial charge in [-0.3, -0.25) is 0 Å². The average molecular weight is 235 g/mol. The van der Waals surface area contributed by atoms with E-state index in [4.69, 9.17) is 15.2 Å². The van der Waals surface area contributed by atoms with Crippen LogP contribution in [0.4, 0.5) is 10.1 Å². The monoisotopic (exact) mass is 235 g/mol. The van der Waals surface area contributed by atoms with Crippen molar-refractivity contribution < 1.29 is 13.9 Å². The second-order valence-electron chi connectivity index (χ2n) is 3.19. The number of hydrogen-bond acceptors (Lipinski definition) is 5. The van der Waals surface area contributed by atoms with E-state index in [1.54, 1.807) is 25.3 Å². The number of benzene rings is 1. The van der Waals surface area contributed by atoms with Gasteiger partial charge in [-0.1, -0.05) is 0 Å². The van der Waals surface area contributed by atoms with Crippen LogP contribution in [0.15, 0.2) is 30.6 Å². The molecule has 0 spiro atoms. The van der Waals surface area contributed by atoms with E-state index in [2.05, 4.69) is 9.97 Å². The lowest BCUT2D eigenvalue weighted by Gasteiger charge is -2.07. The molecule has 88 valence electrons. The van der Waals surface area contributed by atoms with Gasteiger partial charge in [-0.2, -0.15) is 0 Å². The lowest BCUT2D eigenvalue weighted by molar-refractivity contribution is 0.411. The fraction of sp³-hybridized carbons (Fsp3) is 0.0909. The minimum Gasteiger partial charge on any atom is -0.497 e. The molecule has 5 nitrogen and oxygen atoms in total. The minimum atomic E-state index is -0.528. The van der Waals surface area contributed by atoms with Gasteiger partial charge in [-0.25, -0.2) is 14.4 Å². The Bertz CT molecular complexity index is 517. The largest absolute Gasteiger partial charge is 0.497 e. The van der Waals surface area contributed by atoms with E-state index in [1.165, 1.54) is 0 Å². The van der Waals surface area contributed by atoms with Crippen molar-refractivity contribution in [2.24, 2.45) is 0 Å². The van der Waals surface area contributed by atoms with Crippen LogP contribution in [0, 0.1) is 5.82 Å². The van der Waals surface area contributed by atoms with Crippen LogP contribution >= 0.6 is 0 Å². The second-order valence-corrected chi connectivity index (χ2v) is 3.19. The third-order valence-electron chi connectivity index (χ3n) is 2.01. The van der Waals surface area contributed by atoms with E-state index in [-0.39, 0.29) is 6.01 Å². The molecule has 1 aromatic carbocycles. The maximum atomic E-state index is 12.6. The highest BCUT2D eigenvalue weighted by atomic mass is 19.1. The predicted molar refractivity (Wildman–Crippen MR) is 59.5 cm³/mol. The summed E-state index contributed by atoms with van der Waals surface area (Å²) in [5, 5.41) is 0. The molecule has 0 saturated carbocycles. The molecule has 6 heteroatoms. The summed E-state index contributed by atoms with van der Waals surface area (Å²) in [6.45, 7) is 0. The van der Waals surface area contributed by atoms with Crippen molar-refractivity contribution in [1.82, 2.24) is 9.97 Å². The van der Waals surface area contributed by atoms with Crippen LogP contribution in [0.3, 0.4) is 0 Å². The fourth-order valence-electron chi connectivity index (χ4n) is 1.20. The fourth-order valence-corrected chi connectivity index (χ4v) is 1.20. The number of methoxy groups -OCH3 is 1. The molecular weight excluding hydrogens is 225 g/mol. The number of halogens is 1. The van der Waals surface area contributed by atoms with Crippen molar-refractivity contribution in [3.8, 4) is 17.5 Å². The molecule has 1 heterocycles. The molecule has 2 rings (SSSR count). The van der Waals surface area contributed by atoms with Gasteiger partial charge in [-0.05, 0) is 12.1 Å². The molecule has 2 aromatic rings. The molecule has 0 aliphatic carbocycles. The molecule has 2 N–H and O–H groups in total. The smallest absolute Gasteiger partial charge is 0.322 e. The molecule has 0 atom stereocenters. The van der Waals surface area contributed by atoms with Crippen LogP contribution in [0.2, 0.25) is 0 Å². The highest BCUT2D eigenvalue weighted by Gasteiger charge is 2.05. The quantitative estimate of drug-likeness (QED) is 0.824. The van der Waals surface area contributed by atoms with E-state index in [1.807, 2.05) is 0 Å². The number of nitrogens with zero attached hydrogens (tertiary/aromatic N) is 2. The summed E-state index contributed by atoms with van der Waals surface area (Å²) in [6, 6.07) is 4.96. The first-order valence-electron chi connectivity index (χ1n) is 4.78. The number of aromatic nitrogens is 2. The van der Waals surface area contributed by atoms with E-state index >= 15 is 0 Å². The van der Waals surface area contributed by atoms with E-state index in [9.17, 15) is 4.39 Å². The van der Waals surface area contributed by atoms with Crippen molar-refractivity contribution >= 4 is 5.69 Å². The van der Waals surface area contributed by atoms with Gasteiger partial charge in [-0.15, -0.1) is 0 Å². The first-order chi connectivity index (χ1) is 8.19. The molecule has 17 heavy (non-hydrogen) atoms. The maximum absolute atomic E-state index is 12.6. The number of nitrogens with two attached hydrogens (primary N) is 1. The molecule has 0 radical (unpaired) electrons. The topological polar surface area (TPSA) is 70.3 Å². The first-order valence-corrected chi connectivity index (χ1v) is 4.78. The molecule has 0 aliphatic heterocycles. The predicted octanol–water partition coefficient (Wildman–Crippen LogP) is 2.00. The number of anilines is 1. The summed E-state index contributed by atoms with van der Waals surface area (Å²) in [4.78, 5) is 7.32. The summed E-state index contributed by atoms with van der Waals surface area (Å²) in [5.41, 5.74) is 6.13. The Morgan fingerprint density at radius 1 is 1.24 bits per heavy atom. The lowest BCUT2D eigenvalue weighted by Crippen LogP contribution is -1.96. The molecule has 0 saturated heterocycles. The summed E-state index contributed by atoms with van der Waals surface area (Å²) >= 11 is 0. The highest BCUT2D eigenvalue weighted by molar-refractivity contribution is 5.56. The summed E-state index contributed by atoms with van der Waals surface area (Å²) < 4.78 is 22.9. The number of rotatable bonds is 3. The third kappa shape index (κ3) is 2.60. The van der Waals surface area contributed by atoms with Crippen molar-refractivity contribution in [1.29, 1.82) is 0 Å². The Morgan fingerprint density at radius 3 is 2.53 bits per heavy atom. The number of nitrogen functional groups attached to an aromatic ring is 1. The van der Waals surface area contributed by atoms with Gasteiger partial charge >= 0.3 is 6.01 Å². The van der Waals surface area contributed by atoms with Gasteiger partial charge in [0, 0.05) is 6.07 Å². The molecule has 0 amide bonds. The Labute approximate surface area is 97.0 Å². The molecule has 0 fully saturated rings. The highest BCUT2D eigenvalue weighted by Crippen LogP contribution is 2.28. The zero-order chi connectivity index (χ0) is 12.3. The van der Waals surface area contributed by atoms with E-state index in [0.29, 0.717) is 17.2 Å². The number of hydrogen-bond donors (Lipinski definition) is 1. The standard InChI is InChI=1S/C11H10FN3O2/c1-16-8-2-3-10(9(13)4-8)17-11-14-5-7(12)6-15-11/h2-6H,13H2,1H3. The number of ether oxygens (including phenoxy) is 2. The van der Waals surface area contributed by atoms with Gasteiger partial charge in [0.1, 0.15) is 5.75 Å². The first kappa shape index (κ1) is 11.1. The van der Waals surface area contributed by atoms with Crippen LogP contribution in [0.25, 0.3) is 0 Å². The van der Waals surface area contributed by atoms with Gasteiger partial charge in [0.15, 0.2) is 11.6 Å². The van der Waals surface area contributed by atoms with Crippen molar-refractivity contribution in [3.63, 3.8) is 0 Å². The molecule has 0 aliphatic rings. The minimum absolute atomic E-state index is 0.0308. The summed E-state index contributed by atoms with van der Waals surface area (Å²) in [5.74, 6) is 0.479. The zero-order valence-corrected chi connectivity index (χ0v) is 9.05. The second kappa shape index (κ2) is 4.65. The molecular formula is C11H10FN3O2. The van der Waals surface area contributed by atoms with Crippen molar-refractivity contribution in [2.75, 3.05) is 12.8 Å². The van der Waals surface area contributed by atoms with Gasteiger partial charge < -0.3 is 15.2 Å². The normalized spacial score (nSPS) is 10.0. The lowest BCUT2D eigenvalue weighted by atomic mass is 10.3. The van der Waals surface area contributed by atoms with Crippen LogP contribution in [0.5, 0.6) is 17.5 Å². The van der Waals surface area contributed by atoms with Crippen LogP contribution in [-0.4, -0.2) is 17.1 Å². The average Bonchev–Trinajstić information content (AvgIpc) is 2.34. The van der Waals surface area contributed by atoms with Crippen molar-refractivity contribution in [3.05, 3.63) is 36.4 Å². The van der Waals surface area contributed by atoms with Crippen LogP contribution in [0.1, 0.15) is 0 Å². The Hall–Kier alpha value is -2.37. The van der Waals surface area contributed by atoms with Gasteiger partial charge in [0.2, 0.25) is 0 Å². The molecule has 1 aromatic heterocycles. The SMILES string of the molecule is COc1ccc(Oc2ncc(F)cn2)c(N)c1. The molecule has 0 bridgehead atoms. The Kier molecular flexibility index (Phi) is 3.04. The van der Waals surface area contributed by atoms with E-state index in [0.717, 1.165) is 12.4 Å². The maximum Gasteiger partial charge on any atom is 0.322 e. The summed E-state index contributed by atoms with van der Waals surface area (Å²) in [6.07, 6.45) is 2.03. The van der Waals surface area contributed by atoms with Crippen LogP contribution < -0.4 is 15.2 Å². The third-order valence-corrected chi connectivity index (χ3v) is 2.01. The molecule has 0 unspecified atom stereocenters.